The largest absolute Gasteiger partial charge is 0.354 e. The van der Waals surface area contributed by atoms with E-state index in [2.05, 4.69) is 21.2 Å². The van der Waals surface area contributed by atoms with Gasteiger partial charge in [-0.15, -0.1) is 0 Å². The highest BCUT2D eigenvalue weighted by molar-refractivity contribution is 9.10. The van der Waals surface area contributed by atoms with Crippen molar-refractivity contribution >= 4 is 43.5 Å². The van der Waals surface area contributed by atoms with Gasteiger partial charge in [0, 0.05) is 17.6 Å². The van der Waals surface area contributed by atoms with E-state index in [9.17, 15) is 18.0 Å². The second kappa shape index (κ2) is 13.6. The van der Waals surface area contributed by atoms with E-state index in [1.807, 2.05) is 38.1 Å². The number of anilines is 1. The molecule has 0 aromatic heterocycles. The maximum Gasteiger partial charge on any atom is 0.264 e. The zero-order valence-electron chi connectivity index (χ0n) is 21.9. The van der Waals surface area contributed by atoms with Crippen molar-refractivity contribution in [3.05, 3.63) is 94.5 Å². The summed E-state index contributed by atoms with van der Waals surface area (Å²) < 4.78 is 29.4. The van der Waals surface area contributed by atoms with Crippen LogP contribution in [0.15, 0.2) is 88.2 Å². The predicted molar refractivity (Wildman–Crippen MR) is 154 cm³/mol. The van der Waals surface area contributed by atoms with Crippen LogP contribution < -0.4 is 9.62 Å². The number of aryl methyl sites for hydroxylation is 1. The molecule has 0 aliphatic heterocycles. The van der Waals surface area contributed by atoms with E-state index in [1.54, 1.807) is 49.4 Å². The minimum Gasteiger partial charge on any atom is -0.354 e. The number of unbranched alkanes of at least 4 members (excludes halogenated alkanes) is 1. The number of halogens is 1. The van der Waals surface area contributed by atoms with Crippen molar-refractivity contribution < 1.29 is 18.0 Å². The fraction of sp³-hybridized carbons (Fsp3) is 0.310. The smallest absolute Gasteiger partial charge is 0.264 e. The van der Waals surface area contributed by atoms with E-state index in [0.717, 1.165) is 32.7 Å². The number of amides is 2. The lowest BCUT2D eigenvalue weighted by Gasteiger charge is -2.32. The highest BCUT2D eigenvalue weighted by atomic mass is 79.9. The Morgan fingerprint density at radius 2 is 1.66 bits per heavy atom. The zero-order valence-corrected chi connectivity index (χ0v) is 24.3. The van der Waals surface area contributed by atoms with Crippen LogP contribution in [0.25, 0.3) is 0 Å². The van der Waals surface area contributed by atoms with Crippen molar-refractivity contribution in [2.24, 2.45) is 0 Å². The molecule has 3 rings (SSSR count). The third-order valence-electron chi connectivity index (χ3n) is 6.17. The van der Waals surface area contributed by atoms with Crippen LogP contribution in [0.1, 0.15) is 37.8 Å². The van der Waals surface area contributed by atoms with E-state index in [4.69, 9.17) is 0 Å². The third-order valence-corrected chi connectivity index (χ3v) is 8.45. The number of carbonyl (C=O) groups excluding carboxylic acids is 2. The molecule has 3 aromatic rings. The van der Waals surface area contributed by atoms with Crippen LogP contribution in [0.2, 0.25) is 0 Å². The zero-order chi connectivity index (χ0) is 27.7. The quantitative estimate of drug-likeness (QED) is 0.287. The topological polar surface area (TPSA) is 86.8 Å². The average molecular weight is 601 g/mol. The van der Waals surface area contributed by atoms with E-state index < -0.39 is 28.5 Å². The van der Waals surface area contributed by atoms with Crippen molar-refractivity contribution in [1.29, 1.82) is 0 Å². The summed E-state index contributed by atoms with van der Waals surface area (Å²) in [5.74, 6) is -0.766. The van der Waals surface area contributed by atoms with Gasteiger partial charge in [-0.3, -0.25) is 13.9 Å². The van der Waals surface area contributed by atoms with Crippen LogP contribution in [-0.2, 0) is 26.2 Å². The molecule has 7 nitrogen and oxygen atoms in total. The van der Waals surface area contributed by atoms with Crippen LogP contribution >= 0.6 is 15.9 Å². The van der Waals surface area contributed by atoms with Gasteiger partial charge in [-0.05, 0) is 62.2 Å². The first kappa shape index (κ1) is 29.4. The second-order valence-electron chi connectivity index (χ2n) is 9.13. The molecule has 1 N–H and O–H groups in total. The molecular weight excluding hydrogens is 566 g/mol. The number of hydrogen-bond donors (Lipinski definition) is 1. The van der Waals surface area contributed by atoms with Crippen LogP contribution in [0.5, 0.6) is 0 Å². The number of nitrogens with zero attached hydrogens (tertiary/aromatic N) is 2. The first-order valence-corrected chi connectivity index (χ1v) is 14.8. The minimum absolute atomic E-state index is 0.0808. The Balaban J connectivity index is 1.98. The number of sulfonamides is 1. The van der Waals surface area contributed by atoms with E-state index in [0.29, 0.717) is 12.2 Å². The summed E-state index contributed by atoms with van der Waals surface area (Å²) in [6.07, 6.45) is 1.76. The van der Waals surface area contributed by atoms with Gasteiger partial charge in [0.25, 0.3) is 10.0 Å². The monoisotopic (exact) mass is 599 g/mol. The SMILES string of the molecule is CCCCNC(=O)[C@@H](C)N(Cc1cccc(Br)c1)C(=O)CN(c1ccc(C)cc1)S(=O)(=O)c1ccccc1. The summed E-state index contributed by atoms with van der Waals surface area (Å²) >= 11 is 3.46. The van der Waals surface area contributed by atoms with Gasteiger partial charge in [0.15, 0.2) is 0 Å². The molecule has 3 aromatic carbocycles. The molecule has 0 saturated heterocycles. The molecule has 202 valence electrons. The number of hydrogen-bond acceptors (Lipinski definition) is 4. The molecule has 1 atom stereocenters. The lowest BCUT2D eigenvalue weighted by Crippen LogP contribution is -2.51. The normalized spacial score (nSPS) is 12.0. The minimum atomic E-state index is -4.06. The molecule has 9 heteroatoms. The molecule has 0 heterocycles. The number of rotatable bonds is 12. The molecule has 0 spiro atoms. The molecule has 0 aliphatic carbocycles. The lowest BCUT2D eigenvalue weighted by atomic mass is 10.1. The van der Waals surface area contributed by atoms with Crippen molar-refractivity contribution in [2.45, 2.75) is 51.1 Å². The second-order valence-corrected chi connectivity index (χ2v) is 11.9. The number of benzene rings is 3. The van der Waals surface area contributed by atoms with Gasteiger partial charge in [-0.2, -0.15) is 0 Å². The number of nitrogens with one attached hydrogen (secondary N) is 1. The Morgan fingerprint density at radius 3 is 2.29 bits per heavy atom. The highest BCUT2D eigenvalue weighted by Crippen LogP contribution is 2.25. The Morgan fingerprint density at radius 1 is 0.974 bits per heavy atom. The molecule has 0 radical (unpaired) electrons. The molecule has 2 amide bonds. The van der Waals surface area contributed by atoms with Crippen molar-refractivity contribution in [3.8, 4) is 0 Å². The molecule has 0 aliphatic rings. The van der Waals surface area contributed by atoms with E-state index >= 15 is 0 Å². The Kier molecular flexibility index (Phi) is 10.5. The highest BCUT2D eigenvalue weighted by Gasteiger charge is 2.32. The summed E-state index contributed by atoms with van der Waals surface area (Å²) in [6, 6.07) is 21.7. The summed E-state index contributed by atoms with van der Waals surface area (Å²) in [5.41, 5.74) is 2.15. The maximum atomic E-state index is 13.9. The van der Waals surface area contributed by atoms with Gasteiger partial charge >= 0.3 is 0 Å². The lowest BCUT2D eigenvalue weighted by molar-refractivity contribution is -0.139. The van der Waals surface area contributed by atoms with Crippen molar-refractivity contribution in [3.63, 3.8) is 0 Å². The molecule has 38 heavy (non-hydrogen) atoms. The van der Waals surface area contributed by atoms with Crippen LogP contribution in [-0.4, -0.2) is 44.3 Å². The van der Waals surface area contributed by atoms with Crippen LogP contribution in [0, 0.1) is 6.92 Å². The maximum absolute atomic E-state index is 13.9. The average Bonchev–Trinajstić information content (AvgIpc) is 2.91. The third kappa shape index (κ3) is 7.68. The molecule has 0 bridgehead atoms. The van der Waals surface area contributed by atoms with Gasteiger partial charge in [-0.1, -0.05) is 77.3 Å². The van der Waals surface area contributed by atoms with Gasteiger partial charge in [-0.25, -0.2) is 8.42 Å². The first-order valence-electron chi connectivity index (χ1n) is 12.6. The van der Waals surface area contributed by atoms with E-state index in [-0.39, 0.29) is 17.3 Å². The number of carbonyl (C=O) groups is 2. The molecular formula is C29H34BrN3O4S. The van der Waals surface area contributed by atoms with Gasteiger partial charge < -0.3 is 10.2 Å². The summed E-state index contributed by atoms with van der Waals surface area (Å²) in [7, 11) is -4.06. The summed E-state index contributed by atoms with van der Waals surface area (Å²) in [4.78, 5) is 28.4. The Bertz CT molecular complexity index is 1330. The fourth-order valence-corrected chi connectivity index (χ4v) is 5.79. The first-order chi connectivity index (χ1) is 18.1. The fourth-order valence-electron chi connectivity index (χ4n) is 3.91. The molecule has 0 saturated carbocycles. The van der Waals surface area contributed by atoms with Gasteiger partial charge in [0.05, 0.1) is 10.6 Å². The summed E-state index contributed by atoms with van der Waals surface area (Å²) in [5, 5.41) is 2.89. The molecule has 0 fully saturated rings. The molecule has 0 unspecified atom stereocenters. The van der Waals surface area contributed by atoms with Crippen molar-refractivity contribution in [2.75, 3.05) is 17.4 Å². The van der Waals surface area contributed by atoms with Gasteiger partial charge in [0.1, 0.15) is 12.6 Å². The Labute approximate surface area is 234 Å². The van der Waals surface area contributed by atoms with E-state index in [1.165, 1.54) is 17.0 Å². The predicted octanol–water partition coefficient (Wildman–Crippen LogP) is 5.29. The van der Waals surface area contributed by atoms with Crippen molar-refractivity contribution in [1.82, 2.24) is 10.2 Å². The summed E-state index contributed by atoms with van der Waals surface area (Å²) in [6.45, 7) is 5.80. The van der Waals surface area contributed by atoms with Crippen LogP contribution in [0.4, 0.5) is 5.69 Å². The standard InChI is InChI=1S/C29H34BrN3O4S/c1-4-5-18-31-29(35)23(3)32(20-24-10-9-11-25(30)19-24)28(34)21-33(26-16-14-22(2)15-17-26)38(36,37)27-12-7-6-8-13-27/h6-17,19,23H,4-5,18,20-21H2,1-3H3,(H,31,35)/t23-/m1/s1. The van der Waals surface area contributed by atoms with Crippen LogP contribution in [0.3, 0.4) is 0 Å². The van der Waals surface area contributed by atoms with Gasteiger partial charge in [0.2, 0.25) is 11.8 Å². The Hall–Kier alpha value is -3.17.